The van der Waals surface area contributed by atoms with Crippen molar-refractivity contribution in [3.8, 4) is 0 Å². The maximum atomic E-state index is 12.3. The number of rotatable bonds is 5. The second-order valence-electron chi connectivity index (χ2n) is 4.68. The fourth-order valence-corrected chi connectivity index (χ4v) is 2.42. The van der Waals surface area contributed by atoms with E-state index in [-0.39, 0.29) is 38.3 Å². The van der Waals surface area contributed by atoms with E-state index in [9.17, 15) is 4.79 Å². The third-order valence-corrected chi connectivity index (χ3v) is 3.43. The van der Waals surface area contributed by atoms with Crippen LogP contribution >= 0.6 is 0 Å². The molecule has 0 fully saturated rings. The van der Waals surface area contributed by atoms with Crippen LogP contribution in [0.3, 0.4) is 0 Å². The minimum Gasteiger partial charge on any atom is -0.395 e. The lowest BCUT2D eigenvalue weighted by Gasteiger charge is -2.30. The van der Waals surface area contributed by atoms with Gasteiger partial charge in [0.25, 0.3) is 0 Å². The molecule has 0 spiro atoms. The number of carbonyl (C=O) groups is 1. The van der Waals surface area contributed by atoms with Gasteiger partial charge in [-0.3, -0.25) is 4.79 Å². The van der Waals surface area contributed by atoms with Crippen LogP contribution in [-0.4, -0.2) is 53.4 Å². The molecule has 1 unspecified atom stereocenters. The molecule has 1 aromatic carbocycles. The molecule has 1 aromatic rings. The van der Waals surface area contributed by atoms with Gasteiger partial charge in [-0.2, -0.15) is 0 Å². The van der Waals surface area contributed by atoms with E-state index in [4.69, 9.17) is 10.2 Å². The number of benzene rings is 1. The fourth-order valence-electron chi connectivity index (χ4n) is 2.42. The van der Waals surface area contributed by atoms with Crippen LogP contribution in [0.25, 0.3) is 0 Å². The first-order valence-corrected chi connectivity index (χ1v) is 6.57. The van der Waals surface area contributed by atoms with Crippen molar-refractivity contribution in [3.05, 3.63) is 35.4 Å². The van der Waals surface area contributed by atoms with Gasteiger partial charge in [0.2, 0.25) is 5.91 Å². The molecule has 19 heavy (non-hydrogen) atoms. The number of aliphatic hydroxyl groups excluding tert-OH is 2. The van der Waals surface area contributed by atoms with Crippen LogP contribution in [0.4, 0.5) is 0 Å². The molecule has 5 nitrogen and oxygen atoms in total. The van der Waals surface area contributed by atoms with Crippen LogP contribution in [0.2, 0.25) is 0 Å². The largest absolute Gasteiger partial charge is 0.395 e. The third-order valence-electron chi connectivity index (χ3n) is 3.43. The summed E-state index contributed by atoms with van der Waals surface area (Å²) in [6.07, 6.45) is 0.655. The Hall–Kier alpha value is -1.43. The molecule has 2 rings (SSSR count). The number of fused-ring (bicyclic) bond motifs is 1. The SMILES string of the molecule is O=C(C1Cc2ccccc2CN1)N(CCO)CCO. The number of amides is 1. The second kappa shape index (κ2) is 6.65. The average molecular weight is 264 g/mol. The number of nitrogens with zero attached hydrogens (tertiary/aromatic N) is 1. The first-order chi connectivity index (χ1) is 9.26. The second-order valence-corrected chi connectivity index (χ2v) is 4.68. The van der Waals surface area contributed by atoms with Crippen molar-refractivity contribution in [1.29, 1.82) is 0 Å². The number of carbonyl (C=O) groups excluding carboxylic acids is 1. The lowest BCUT2D eigenvalue weighted by molar-refractivity contribution is -0.134. The first kappa shape index (κ1) is 14.0. The lowest BCUT2D eigenvalue weighted by atomic mass is 9.95. The molecule has 0 aromatic heterocycles. The smallest absolute Gasteiger partial charge is 0.240 e. The molecular formula is C14H20N2O3. The van der Waals surface area contributed by atoms with Crippen LogP contribution in [0.15, 0.2) is 24.3 Å². The van der Waals surface area contributed by atoms with Gasteiger partial charge in [-0.15, -0.1) is 0 Å². The summed E-state index contributed by atoms with van der Waals surface area (Å²) >= 11 is 0. The molecule has 0 aliphatic carbocycles. The van der Waals surface area contributed by atoms with Gasteiger partial charge < -0.3 is 20.4 Å². The maximum Gasteiger partial charge on any atom is 0.240 e. The minimum absolute atomic E-state index is 0.0578. The van der Waals surface area contributed by atoms with Crippen molar-refractivity contribution in [2.24, 2.45) is 0 Å². The van der Waals surface area contributed by atoms with E-state index in [1.54, 1.807) is 0 Å². The van der Waals surface area contributed by atoms with E-state index >= 15 is 0 Å². The van der Waals surface area contributed by atoms with Gasteiger partial charge in [-0.05, 0) is 17.5 Å². The molecule has 1 amide bonds. The Bertz CT molecular complexity index is 430. The molecule has 3 N–H and O–H groups in total. The molecule has 0 bridgehead atoms. The van der Waals surface area contributed by atoms with Crippen LogP contribution in [0.5, 0.6) is 0 Å². The van der Waals surface area contributed by atoms with Crippen molar-refractivity contribution in [2.75, 3.05) is 26.3 Å². The van der Waals surface area contributed by atoms with E-state index in [1.165, 1.54) is 16.0 Å². The summed E-state index contributed by atoms with van der Waals surface area (Å²) in [4.78, 5) is 13.8. The average Bonchev–Trinajstić information content (AvgIpc) is 2.46. The fraction of sp³-hybridized carbons (Fsp3) is 0.500. The van der Waals surface area contributed by atoms with Gasteiger partial charge in [0.05, 0.1) is 19.3 Å². The van der Waals surface area contributed by atoms with Crippen LogP contribution in [0.1, 0.15) is 11.1 Å². The molecule has 0 saturated carbocycles. The van der Waals surface area contributed by atoms with Gasteiger partial charge in [0.15, 0.2) is 0 Å². The Balaban J connectivity index is 2.04. The highest BCUT2D eigenvalue weighted by molar-refractivity contribution is 5.82. The molecular weight excluding hydrogens is 244 g/mol. The quantitative estimate of drug-likeness (QED) is 0.671. The normalized spacial score (nSPS) is 17.9. The molecule has 0 radical (unpaired) electrons. The van der Waals surface area contributed by atoms with E-state index < -0.39 is 0 Å². The number of hydrogen-bond donors (Lipinski definition) is 3. The summed E-state index contributed by atoms with van der Waals surface area (Å²) in [5.41, 5.74) is 2.41. The molecule has 5 heteroatoms. The highest BCUT2D eigenvalue weighted by atomic mass is 16.3. The number of nitrogens with one attached hydrogen (secondary N) is 1. The van der Waals surface area contributed by atoms with Crippen molar-refractivity contribution < 1.29 is 15.0 Å². The predicted octanol–water partition coefficient (Wildman–Crippen LogP) is -0.486. The van der Waals surface area contributed by atoms with Gasteiger partial charge in [-0.25, -0.2) is 0 Å². The summed E-state index contributed by atoms with van der Waals surface area (Å²) in [6, 6.07) is 7.80. The number of hydrogen-bond acceptors (Lipinski definition) is 4. The third kappa shape index (κ3) is 3.32. The van der Waals surface area contributed by atoms with Gasteiger partial charge in [-0.1, -0.05) is 24.3 Å². The monoisotopic (exact) mass is 264 g/mol. The zero-order valence-corrected chi connectivity index (χ0v) is 10.9. The lowest BCUT2D eigenvalue weighted by Crippen LogP contribution is -2.50. The van der Waals surface area contributed by atoms with Crippen molar-refractivity contribution in [1.82, 2.24) is 10.2 Å². The van der Waals surface area contributed by atoms with E-state index in [0.29, 0.717) is 13.0 Å². The van der Waals surface area contributed by atoms with E-state index in [2.05, 4.69) is 11.4 Å². The van der Waals surface area contributed by atoms with Gasteiger partial charge in [0.1, 0.15) is 0 Å². The van der Waals surface area contributed by atoms with Crippen LogP contribution in [-0.2, 0) is 17.8 Å². The molecule has 0 saturated heterocycles. The molecule has 1 heterocycles. The van der Waals surface area contributed by atoms with E-state index in [0.717, 1.165) is 0 Å². The van der Waals surface area contributed by atoms with Crippen LogP contribution in [0, 0.1) is 0 Å². The van der Waals surface area contributed by atoms with Gasteiger partial charge >= 0.3 is 0 Å². The predicted molar refractivity (Wildman–Crippen MR) is 71.5 cm³/mol. The summed E-state index contributed by atoms with van der Waals surface area (Å²) in [7, 11) is 0. The molecule has 104 valence electrons. The Labute approximate surface area is 112 Å². The standard InChI is InChI=1S/C14H20N2O3/c17-7-5-16(6-8-18)14(19)13-9-11-3-1-2-4-12(11)10-15-13/h1-4,13,15,17-18H,5-10H2. The first-order valence-electron chi connectivity index (χ1n) is 6.57. The Kier molecular flexibility index (Phi) is 4.90. The Morgan fingerprint density at radius 3 is 2.47 bits per heavy atom. The summed E-state index contributed by atoms with van der Waals surface area (Å²) in [5, 5.41) is 21.2. The zero-order chi connectivity index (χ0) is 13.7. The zero-order valence-electron chi connectivity index (χ0n) is 10.9. The highest BCUT2D eigenvalue weighted by Crippen LogP contribution is 2.17. The topological polar surface area (TPSA) is 72.8 Å². The number of aliphatic hydroxyl groups is 2. The molecule has 1 aliphatic rings. The summed E-state index contributed by atoms with van der Waals surface area (Å²) in [6.45, 7) is 1.03. The summed E-state index contributed by atoms with van der Waals surface area (Å²) < 4.78 is 0. The Morgan fingerprint density at radius 2 is 1.84 bits per heavy atom. The van der Waals surface area contributed by atoms with Crippen LogP contribution < -0.4 is 5.32 Å². The van der Waals surface area contributed by atoms with Crippen molar-refractivity contribution in [3.63, 3.8) is 0 Å². The van der Waals surface area contributed by atoms with Crippen molar-refractivity contribution >= 4 is 5.91 Å². The highest BCUT2D eigenvalue weighted by Gasteiger charge is 2.27. The molecule has 1 aliphatic heterocycles. The Morgan fingerprint density at radius 1 is 1.21 bits per heavy atom. The van der Waals surface area contributed by atoms with E-state index in [1.807, 2.05) is 18.2 Å². The summed E-state index contributed by atoms with van der Waals surface area (Å²) in [5.74, 6) is -0.0578. The van der Waals surface area contributed by atoms with Gasteiger partial charge in [0, 0.05) is 19.6 Å². The molecule has 1 atom stereocenters. The maximum absolute atomic E-state index is 12.3. The van der Waals surface area contributed by atoms with Crippen molar-refractivity contribution in [2.45, 2.75) is 19.0 Å². The minimum atomic E-state index is -0.270.